The summed E-state index contributed by atoms with van der Waals surface area (Å²) in [5, 5.41) is 3.20. The van der Waals surface area contributed by atoms with Crippen molar-refractivity contribution in [3.8, 4) is 11.3 Å². The van der Waals surface area contributed by atoms with Crippen LogP contribution < -0.4 is 0 Å². The maximum Gasteiger partial charge on any atom is 0.123 e. The molecule has 4 rings (SSSR count). The van der Waals surface area contributed by atoms with Gasteiger partial charge in [-0.1, -0.05) is 0 Å². The molecule has 0 unspecified atom stereocenters. The number of imidazole rings is 1. The summed E-state index contributed by atoms with van der Waals surface area (Å²) < 4.78 is 2.30. The molecule has 4 heterocycles. The zero-order chi connectivity index (χ0) is 14.1. The molecule has 21 heavy (non-hydrogen) atoms. The van der Waals surface area contributed by atoms with Crippen molar-refractivity contribution < 1.29 is 0 Å². The number of rotatable bonds is 3. The Morgan fingerprint density at radius 2 is 2.14 bits per heavy atom. The lowest BCUT2D eigenvalue weighted by atomic mass is 10.2. The van der Waals surface area contributed by atoms with E-state index >= 15 is 0 Å². The molecule has 0 bridgehead atoms. The highest BCUT2D eigenvalue weighted by Crippen LogP contribution is 2.24. The second-order valence-corrected chi connectivity index (χ2v) is 6.07. The van der Waals surface area contributed by atoms with E-state index in [0.29, 0.717) is 0 Å². The molecular weight excluding hydrogens is 282 g/mol. The standard InChI is InChI=1S/C15H15N5S/c1-2-12(8-16-3-1)13-9-18-14-10-19(5-6-20(13)14)11-15-17-4-7-21-15/h1-4,7-9H,5-6,10-11H2. The van der Waals surface area contributed by atoms with Crippen molar-refractivity contribution in [2.45, 2.75) is 19.6 Å². The van der Waals surface area contributed by atoms with E-state index in [2.05, 4.69) is 30.5 Å². The Kier molecular flexibility index (Phi) is 3.25. The van der Waals surface area contributed by atoms with Gasteiger partial charge >= 0.3 is 0 Å². The van der Waals surface area contributed by atoms with E-state index in [0.717, 1.165) is 43.3 Å². The molecule has 0 radical (unpaired) electrons. The van der Waals surface area contributed by atoms with Crippen LogP contribution in [0.5, 0.6) is 0 Å². The quantitative estimate of drug-likeness (QED) is 0.745. The van der Waals surface area contributed by atoms with Crippen LogP contribution in [0.25, 0.3) is 11.3 Å². The normalized spacial score (nSPS) is 15.0. The third-order valence-electron chi connectivity index (χ3n) is 3.74. The average molecular weight is 297 g/mol. The SMILES string of the molecule is c1cncc(-c2cnc3n2CCN(Cc2nccs2)C3)c1. The number of nitrogens with zero attached hydrogens (tertiary/aromatic N) is 5. The first kappa shape index (κ1) is 12.7. The smallest absolute Gasteiger partial charge is 0.123 e. The van der Waals surface area contributed by atoms with Crippen LogP contribution in [0.2, 0.25) is 0 Å². The molecular formula is C15H15N5S. The maximum absolute atomic E-state index is 4.59. The van der Waals surface area contributed by atoms with Crippen LogP contribution in [0.4, 0.5) is 0 Å². The first-order chi connectivity index (χ1) is 10.4. The van der Waals surface area contributed by atoms with Crippen molar-refractivity contribution in [2.75, 3.05) is 6.54 Å². The summed E-state index contributed by atoms with van der Waals surface area (Å²) in [6.45, 7) is 3.77. The molecule has 0 amide bonds. The van der Waals surface area contributed by atoms with E-state index in [1.807, 2.05) is 30.0 Å². The van der Waals surface area contributed by atoms with Crippen LogP contribution in [0, 0.1) is 0 Å². The number of fused-ring (bicyclic) bond motifs is 1. The lowest BCUT2D eigenvalue weighted by Crippen LogP contribution is -2.33. The molecule has 5 nitrogen and oxygen atoms in total. The van der Waals surface area contributed by atoms with Crippen molar-refractivity contribution in [3.05, 3.63) is 53.1 Å². The molecule has 0 saturated carbocycles. The molecule has 3 aromatic heterocycles. The number of pyridine rings is 1. The second-order valence-electron chi connectivity index (χ2n) is 5.09. The molecule has 0 aliphatic carbocycles. The van der Waals surface area contributed by atoms with Crippen LogP contribution in [0.15, 0.2) is 42.3 Å². The van der Waals surface area contributed by atoms with Crippen molar-refractivity contribution in [2.24, 2.45) is 0 Å². The molecule has 0 saturated heterocycles. The maximum atomic E-state index is 4.59. The van der Waals surface area contributed by atoms with Gasteiger partial charge < -0.3 is 4.57 Å². The number of aromatic nitrogens is 4. The van der Waals surface area contributed by atoms with Gasteiger partial charge in [0.15, 0.2) is 0 Å². The van der Waals surface area contributed by atoms with Gasteiger partial charge in [-0.2, -0.15) is 0 Å². The fraction of sp³-hybridized carbons (Fsp3) is 0.267. The van der Waals surface area contributed by atoms with Crippen LogP contribution in [0.1, 0.15) is 10.8 Å². The largest absolute Gasteiger partial charge is 0.326 e. The van der Waals surface area contributed by atoms with Crippen molar-refractivity contribution >= 4 is 11.3 Å². The van der Waals surface area contributed by atoms with Gasteiger partial charge in [-0.25, -0.2) is 9.97 Å². The highest BCUT2D eigenvalue weighted by atomic mass is 32.1. The minimum absolute atomic E-state index is 0.875. The third kappa shape index (κ3) is 2.48. The fourth-order valence-corrected chi connectivity index (χ4v) is 3.37. The van der Waals surface area contributed by atoms with E-state index in [1.54, 1.807) is 17.5 Å². The zero-order valence-corrected chi connectivity index (χ0v) is 12.3. The molecule has 0 N–H and O–H groups in total. The Morgan fingerprint density at radius 1 is 1.14 bits per heavy atom. The van der Waals surface area contributed by atoms with E-state index in [1.165, 1.54) is 5.01 Å². The van der Waals surface area contributed by atoms with Gasteiger partial charge in [0.25, 0.3) is 0 Å². The van der Waals surface area contributed by atoms with E-state index in [4.69, 9.17) is 0 Å². The number of hydrogen-bond donors (Lipinski definition) is 0. The van der Waals surface area contributed by atoms with Crippen LogP contribution in [0.3, 0.4) is 0 Å². The Morgan fingerprint density at radius 3 is 2.95 bits per heavy atom. The van der Waals surface area contributed by atoms with Crippen molar-refractivity contribution in [1.82, 2.24) is 24.4 Å². The van der Waals surface area contributed by atoms with Gasteiger partial charge in [0.2, 0.25) is 0 Å². The molecule has 3 aromatic rings. The first-order valence-electron chi connectivity index (χ1n) is 6.96. The lowest BCUT2D eigenvalue weighted by Gasteiger charge is -2.27. The molecule has 1 aliphatic heterocycles. The molecule has 1 aliphatic rings. The monoisotopic (exact) mass is 297 g/mol. The van der Waals surface area contributed by atoms with E-state index < -0.39 is 0 Å². The minimum atomic E-state index is 0.875. The van der Waals surface area contributed by atoms with Gasteiger partial charge in [-0.05, 0) is 12.1 Å². The average Bonchev–Trinajstić information content (AvgIpc) is 3.17. The Balaban J connectivity index is 1.56. The third-order valence-corrected chi connectivity index (χ3v) is 4.51. The summed E-state index contributed by atoms with van der Waals surface area (Å²) >= 11 is 1.71. The first-order valence-corrected chi connectivity index (χ1v) is 7.83. The van der Waals surface area contributed by atoms with Crippen LogP contribution in [-0.2, 0) is 19.6 Å². The summed E-state index contributed by atoms with van der Waals surface area (Å²) in [7, 11) is 0. The second kappa shape index (κ2) is 5.38. The summed E-state index contributed by atoms with van der Waals surface area (Å²) in [6.07, 6.45) is 7.52. The fourth-order valence-electron chi connectivity index (χ4n) is 2.71. The Bertz CT molecular complexity index is 720. The van der Waals surface area contributed by atoms with E-state index in [-0.39, 0.29) is 0 Å². The molecule has 0 spiro atoms. The topological polar surface area (TPSA) is 46.8 Å². The number of thiazole rings is 1. The lowest BCUT2D eigenvalue weighted by molar-refractivity contribution is 0.209. The number of hydrogen-bond acceptors (Lipinski definition) is 5. The molecule has 0 atom stereocenters. The predicted molar refractivity (Wildman–Crippen MR) is 81.7 cm³/mol. The molecule has 6 heteroatoms. The summed E-state index contributed by atoms with van der Waals surface area (Å²) in [6, 6.07) is 4.05. The summed E-state index contributed by atoms with van der Waals surface area (Å²) in [5.41, 5.74) is 2.29. The highest BCUT2D eigenvalue weighted by molar-refractivity contribution is 7.09. The van der Waals surface area contributed by atoms with Crippen LogP contribution in [-0.4, -0.2) is 31.0 Å². The summed E-state index contributed by atoms with van der Waals surface area (Å²) in [4.78, 5) is 15.5. The van der Waals surface area contributed by atoms with Crippen LogP contribution >= 0.6 is 11.3 Å². The Labute approximate surface area is 126 Å². The zero-order valence-electron chi connectivity index (χ0n) is 11.5. The van der Waals surface area contributed by atoms with E-state index in [9.17, 15) is 0 Å². The summed E-state index contributed by atoms with van der Waals surface area (Å²) in [5.74, 6) is 1.12. The van der Waals surface area contributed by atoms with Crippen molar-refractivity contribution in [3.63, 3.8) is 0 Å². The highest BCUT2D eigenvalue weighted by Gasteiger charge is 2.21. The van der Waals surface area contributed by atoms with Gasteiger partial charge in [0, 0.05) is 42.6 Å². The Hall–Kier alpha value is -2.05. The van der Waals surface area contributed by atoms with Crippen molar-refractivity contribution in [1.29, 1.82) is 0 Å². The molecule has 0 fully saturated rings. The van der Waals surface area contributed by atoms with Gasteiger partial charge in [0.1, 0.15) is 10.8 Å². The molecule has 106 valence electrons. The van der Waals surface area contributed by atoms with Gasteiger partial charge in [-0.3, -0.25) is 9.88 Å². The minimum Gasteiger partial charge on any atom is -0.326 e. The predicted octanol–water partition coefficient (Wildman–Crippen LogP) is 2.42. The molecule has 0 aromatic carbocycles. The van der Waals surface area contributed by atoms with Gasteiger partial charge in [0.05, 0.1) is 25.0 Å². The van der Waals surface area contributed by atoms with Gasteiger partial charge in [-0.15, -0.1) is 11.3 Å².